The van der Waals surface area contributed by atoms with Crippen molar-refractivity contribution in [3.8, 4) is 0 Å². The molecule has 0 aromatic heterocycles. The van der Waals surface area contributed by atoms with E-state index < -0.39 is 9.96 Å². The lowest BCUT2D eigenvalue weighted by molar-refractivity contribution is -0.697. The number of quaternary nitrogens is 1. The van der Waals surface area contributed by atoms with Crippen LogP contribution in [0.5, 0.6) is 0 Å². The second kappa shape index (κ2) is 7.15. The summed E-state index contributed by atoms with van der Waals surface area (Å²) >= 11 is 17.6. The van der Waals surface area contributed by atoms with E-state index in [2.05, 4.69) is 5.32 Å². The molecule has 1 rings (SSSR count). The van der Waals surface area contributed by atoms with E-state index in [1.165, 1.54) is 0 Å². The smallest absolute Gasteiger partial charge is 0.262 e. The van der Waals surface area contributed by atoms with Gasteiger partial charge >= 0.3 is 0 Å². The van der Waals surface area contributed by atoms with Crippen LogP contribution in [-0.4, -0.2) is 35.1 Å². The van der Waals surface area contributed by atoms with E-state index in [9.17, 15) is 4.79 Å². The van der Waals surface area contributed by atoms with Crippen molar-refractivity contribution in [1.29, 1.82) is 0 Å². The number of carbonyl (C=O) groups excluding carboxylic acids is 1. The van der Waals surface area contributed by atoms with E-state index in [4.69, 9.17) is 39.5 Å². The van der Waals surface area contributed by atoms with Gasteiger partial charge in [0.1, 0.15) is 12.6 Å². The molecule has 0 aromatic rings. The van der Waals surface area contributed by atoms with Crippen LogP contribution in [0.25, 0.3) is 0 Å². The average Bonchev–Trinajstić information content (AvgIpc) is 2.74. The van der Waals surface area contributed by atoms with E-state index in [1.54, 1.807) is 13.8 Å². The summed E-state index contributed by atoms with van der Waals surface area (Å²) in [6, 6.07) is 0. The lowest BCUT2D eigenvalue weighted by Gasteiger charge is -2.25. The van der Waals surface area contributed by atoms with E-state index in [0.717, 1.165) is 19.4 Å². The Morgan fingerprint density at radius 1 is 1.50 bits per heavy atom. The van der Waals surface area contributed by atoms with Gasteiger partial charge in [-0.25, -0.2) is 0 Å². The van der Waals surface area contributed by atoms with Gasteiger partial charge in [0, 0.05) is 12.5 Å². The van der Waals surface area contributed by atoms with Crippen LogP contribution in [0.15, 0.2) is 0 Å². The minimum Gasteiger partial charge on any atom is -0.372 e. The number of alkyl halides is 3. The molecule has 0 bridgehead atoms. The number of nitrogens with two attached hydrogens (primary N) is 1. The van der Waals surface area contributed by atoms with Crippen LogP contribution in [0.3, 0.4) is 0 Å². The summed E-state index contributed by atoms with van der Waals surface area (Å²) in [5.41, 5.74) is 0. The fourth-order valence-electron chi connectivity index (χ4n) is 1.71. The van der Waals surface area contributed by atoms with Crippen molar-refractivity contribution in [2.45, 2.75) is 42.8 Å². The van der Waals surface area contributed by atoms with Gasteiger partial charge in [0.25, 0.3) is 3.79 Å². The van der Waals surface area contributed by atoms with Gasteiger partial charge in [-0.1, -0.05) is 48.7 Å². The quantitative estimate of drug-likeness (QED) is 0.591. The molecule has 0 spiro atoms. The third kappa shape index (κ3) is 5.49. The zero-order chi connectivity index (χ0) is 13.8. The molecule has 4 nitrogen and oxygen atoms in total. The van der Waals surface area contributed by atoms with Crippen molar-refractivity contribution in [2.75, 3.05) is 13.2 Å². The summed E-state index contributed by atoms with van der Waals surface area (Å²) in [6.45, 7) is 5.06. The summed E-state index contributed by atoms with van der Waals surface area (Å²) in [7, 11) is 0. The SMILES string of the molecule is CC(C)C(=O)N[C@@H]([NH2+]C[C@H]1CCCO1)C(Cl)(Cl)Cl. The van der Waals surface area contributed by atoms with Crippen LogP contribution in [0.4, 0.5) is 0 Å². The maximum absolute atomic E-state index is 11.7. The fraction of sp³-hybridized carbons (Fsp3) is 0.909. The van der Waals surface area contributed by atoms with Crippen LogP contribution in [0.2, 0.25) is 0 Å². The second-order valence-corrected chi connectivity index (χ2v) is 7.16. The molecule has 1 fully saturated rings. The van der Waals surface area contributed by atoms with Crippen LogP contribution in [0, 0.1) is 5.92 Å². The molecule has 3 N–H and O–H groups in total. The Labute approximate surface area is 123 Å². The number of halogens is 3. The molecule has 0 saturated carbocycles. The average molecular weight is 319 g/mol. The highest BCUT2D eigenvalue weighted by atomic mass is 35.6. The van der Waals surface area contributed by atoms with Gasteiger partial charge in [0.05, 0.1) is 0 Å². The monoisotopic (exact) mass is 317 g/mol. The van der Waals surface area contributed by atoms with Crippen LogP contribution < -0.4 is 10.6 Å². The minimum absolute atomic E-state index is 0.130. The molecular weight excluding hydrogens is 298 g/mol. The standard InChI is InChI=1S/C11H19Cl3N2O2/c1-7(2)9(17)16-10(11(12,13)14)15-6-8-4-3-5-18-8/h7-8,10,15H,3-6H2,1-2H3,(H,16,17)/p+1/t8-,10-/m1/s1. The lowest BCUT2D eigenvalue weighted by atomic mass is 10.2. The first-order valence-electron chi connectivity index (χ1n) is 6.12. The van der Waals surface area contributed by atoms with E-state index in [-0.39, 0.29) is 17.9 Å². The summed E-state index contributed by atoms with van der Waals surface area (Å²) in [5, 5.41) is 4.56. The number of hydrogen-bond acceptors (Lipinski definition) is 2. The number of rotatable bonds is 5. The summed E-state index contributed by atoms with van der Waals surface area (Å²) in [5.74, 6) is -0.272. The molecule has 1 aliphatic heterocycles. The van der Waals surface area contributed by atoms with Crippen molar-refractivity contribution in [3.63, 3.8) is 0 Å². The molecule has 0 aliphatic carbocycles. The number of carbonyl (C=O) groups is 1. The van der Waals surface area contributed by atoms with Gasteiger partial charge in [-0.05, 0) is 12.8 Å². The topological polar surface area (TPSA) is 54.9 Å². The maximum Gasteiger partial charge on any atom is 0.262 e. The first kappa shape index (κ1) is 16.3. The molecule has 1 amide bonds. The highest BCUT2D eigenvalue weighted by Crippen LogP contribution is 2.27. The van der Waals surface area contributed by atoms with Crippen molar-refractivity contribution < 1.29 is 14.8 Å². The Morgan fingerprint density at radius 2 is 2.17 bits per heavy atom. The molecule has 2 atom stereocenters. The predicted octanol–water partition coefficient (Wildman–Crippen LogP) is 1.20. The number of nitrogens with one attached hydrogen (secondary N) is 1. The Morgan fingerprint density at radius 3 is 2.61 bits per heavy atom. The van der Waals surface area contributed by atoms with Gasteiger partial charge in [-0.15, -0.1) is 0 Å². The van der Waals surface area contributed by atoms with Crippen molar-refractivity contribution in [3.05, 3.63) is 0 Å². The van der Waals surface area contributed by atoms with Crippen LogP contribution in [0.1, 0.15) is 26.7 Å². The number of ether oxygens (including phenoxy) is 1. The molecule has 1 aliphatic rings. The summed E-state index contributed by atoms with van der Waals surface area (Å²) in [6.07, 6.45) is 1.66. The van der Waals surface area contributed by atoms with Gasteiger partial charge in [-0.2, -0.15) is 0 Å². The van der Waals surface area contributed by atoms with E-state index in [0.29, 0.717) is 6.54 Å². The second-order valence-electron chi connectivity index (χ2n) is 4.79. The molecule has 7 heteroatoms. The highest BCUT2D eigenvalue weighted by Gasteiger charge is 2.38. The Kier molecular flexibility index (Phi) is 6.48. The third-order valence-electron chi connectivity index (χ3n) is 2.83. The fourth-order valence-corrected chi connectivity index (χ4v) is 2.14. The largest absolute Gasteiger partial charge is 0.372 e. The normalized spacial score (nSPS) is 22.2. The molecular formula is C11H20Cl3N2O2+. The Balaban J connectivity index is 2.47. The summed E-state index contributed by atoms with van der Waals surface area (Å²) in [4.78, 5) is 11.7. The van der Waals surface area contributed by atoms with Gasteiger partial charge in [0.15, 0.2) is 0 Å². The van der Waals surface area contributed by atoms with Crippen LogP contribution >= 0.6 is 34.8 Å². The third-order valence-corrected chi connectivity index (χ3v) is 3.54. The van der Waals surface area contributed by atoms with Crippen molar-refractivity contribution in [1.82, 2.24) is 5.32 Å². The van der Waals surface area contributed by atoms with Gasteiger partial charge in [-0.3, -0.25) is 4.79 Å². The zero-order valence-electron chi connectivity index (χ0n) is 10.6. The predicted molar refractivity (Wildman–Crippen MR) is 72.8 cm³/mol. The number of amides is 1. The first-order chi connectivity index (χ1) is 8.30. The first-order valence-corrected chi connectivity index (χ1v) is 7.26. The van der Waals surface area contributed by atoms with E-state index >= 15 is 0 Å². The van der Waals surface area contributed by atoms with Crippen LogP contribution in [-0.2, 0) is 9.53 Å². The van der Waals surface area contributed by atoms with Crippen molar-refractivity contribution >= 4 is 40.7 Å². The molecule has 18 heavy (non-hydrogen) atoms. The Hall–Kier alpha value is 0.260. The minimum atomic E-state index is -1.54. The Bertz CT molecular complexity index is 276. The molecule has 106 valence electrons. The molecule has 0 unspecified atom stereocenters. The molecule has 1 saturated heterocycles. The lowest BCUT2D eigenvalue weighted by Crippen LogP contribution is -2.98. The maximum atomic E-state index is 11.7. The summed E-state index contributed by atoms with van der Waals surface area (Å²) < 4.78 is 3.96. The number of hydrogen-bond donors (Lipinski definition) is 2. The zero-order valence-corrected chi connectivity index (χ0v) is 12.9. The van der Waals surface area contributed by atoms with Crippen molar-refractivity contribution in [2.24, 2.45) is 5.92 Å². The van der Waals surface area contributed by atoms with E-state index in [1.807, 2.05) is 5.32 Å². The van der Waals surface area contributed by atoms with Gasteiger partial charge < -0.3 is 15.4 Å². The molecule has 0 radical (unpaired) electrons. The molecule has 1 heterocycles. The highest BCUT2D eigenvalue weighted by molar-refractivity contribution is 6.68. The van der Waals surface area contributed by atoms with Gasteiger partial charge in [0.2, 0.25) is 12.1 Å². The molecule has 0 aromatic carbocycles.